The molecular weight excluding hydrogens is 504 g/mol. The Bertz CT molecular complexity index is 923. The van der Waals surface area contributed by atoms with Crippen LogP contribution in [0.15, 0.2) is 47.4 Å². The summed E-state index contributed by atoms with van der Waals surface area (Å²) in [4.78, 5) is 1.19. The van der Waals surface area contributed by atoms with Crippen LogP contribution in [0.5, 0.6) is 11.5 Å². The van der Waals surface area contributed by atoms with Crippen LogP contribution in [0, 0.1) is 0 Å². The SMILES string of the molecule is COCCOCC[S+]([O-])CCCCCCCCCC1c2ccc(O)cc2SCC1(C)c1ccc(O)cc1. The zero-order valence-corrected chi connectivity index (χ0v) is 24.1. The van der Waals surface area contributed by atoms with Gasteiger partial charge < -0.3 is 24.2 Å². The first-order valence-corrected chi connectivity index (χ1v) is 16.1. The third-order valence-electron chi connectivity index (χ3n) is 7.45. The van der Waals surface area contributed by atoms with Gasteiger partial charge in [-0.05, 0) is 60.6 Å². The first-order valence-electron chi connectivity index (χ1n) is 13.6. The maximum atomic E-state index is 12.1. The molecule has 0 radical (unpaired) electrons. The summed E-state index contributed by atoms with van der Waals surface area (Å²) in [5.74, 6) is 3.36. The lowest BCUT2D eigenvalue weighted by Crippen LogP contribution is -2.36. The predicted molar refractivity (Wildman–Crippen MR) is 155 cm³/mol. The third kappa shape index (κ3) is 9.39. The number of benzene rings is 2. The third-order valence-corrected chi connectivity index (χ3v) is 10.2. The van der Waals surface area contributed by atoms with E-state index in [1.165, 1.54) is 48.1 Å². The Balaban J connectivity index is 1.39. The standard InChI is InChI=1S/C30H44O5S2/c1-30(24-11-13-25(31)14-12-24)23-36-29-22-26(32)15-16-27(29)28(30)10-8-6-4-3-5-7-9-20-37(33)21-19-35-18-17-34-2/h11-16,22,28,31-32H,3-10,17-21,23H2,1-2H3. The minimum Gasteiger partial charge on any atom is -0.616 e. The summed E-state index contributed by atoms with van der Waals surface area (Å²) in [7, 11) is 1.65. The van der Waals surface area contributed by atoms with E-state index in [4.69, 9.17) is 9.47 Å². The first-order chi connectivity index (χ1) is 17.9. The molecule has 0 spiro atoms. The van der Waals surface area contributed by atoms with E-state index in [-0.39, 0.29) is 5.41 Å². The lowest BCUT2D eigenvalue weighted by atomic mass is 9.68. The quantitative estimate of drug-likeness (QED) is 0.168. The van der Waals surface area contributed by atoms with Crippen LogP contribution in [0.4, 0.5) is 0 Å². The molecule has 1 aliphatic heterocycles. The van der Waals surface area contributed by atoms with E-state index in [0.717, 1.165) is 30.8 Å². The van der Waals surface area contributed by atoms with E-state index >= 15 is 0 Å². The van der Waals surface area contributed by atoms with Crippen molar-refractivity contribution < 1.29 is 24.2 Å². The maximum Gasteiger partial charge on any atom is 0.128 e. The molecule has 3 atom stereocenters. The predicted octanol–water partition coefficient (Wildman–Crippen LogP) is 6.78. The van der Waals surface area contributed by atoms with Crippen molar-refractivity contribution in [3.63, 3.8) is 0 Å². The Labute approximate surface area is 230 Å². The summed E-state index contributed by atoms with van der Waals surface area (Å²) < 4.78 is 22.4. The molecule has 206 valence electrons. The number of hydrogen-bond donors (Lipinski definition) is 2. The van der Waals surface area contributed by atoms with Crippen molar-refractivity contribution in [1.29, 1.82) is 0 Å². The van der Waals surface area contributed by atoms with Crippen LogP contribution in [-0.4, -0.2) is 59.0 Å². The van der Waals surface area contributed by atoms with Crippen LogP contribution >= 0.6 is 11.8 Å². The number of methoxy groups -OCH3 is 1. The number of hydrogen-bond acceptors (Lipinski definition) is 6. The minimum absolute atomic E-state index is 0.0210. The van der Waals surface area contributed by atoms with Gasteiger partial charge in [0, 0.05) is 23.2 Å². The van der Waals surface area contributed by atoms with Gasteiger partial charge in [0.25, 0.3) is 0 Å². The number of thioether (sulfide) groups is 1. The van der Waals surface area contributed by atoms with E-state index in [1.54, 1.807) is 19.2 Å². The zero-order chi connectivity index (χ0) is 26.5. The highest BCUT2D eigenvalue weighted by molar-refractivity contribution is 7.99. The summed E-state index contributed by atoms with van der Waals surface area (Å²) in [6.07, 6.45) is 9.34. The second-order valence-electron chi connectivity index (χ2n) is 10.2. The molecule has 7 heteroatoms. The molecule has 0 amide bonds. The lowest BCUT2D eigenvalue weighted by Gasteiger charge is -2.43. The van der Waals surface area contributed by atoms with Gasteiger partial charge in [-0.3, -0.25) is 0 Å². The highest BCUT2D eigenvalue weighted by Gasteiger charge is 2.41. The van der Waals surface area contributed by atoms with E-state index in [2.05, 4.69) is 25.1 Å². The van der Waals surface area contributed by atoms with Gasteiger partial charge in [0.1, 0.15) is 23.0 Å². The Kier molecular flexibility index (Phi) is 13.0. The molecule has 1 heterocycles. The van der Waals surface area contributed by atoms with Crippen molar-refractivity contribution in [3.8, 4) is 11.5 Å². The van der Waals surface area contributed by atoms with Gasteiger partial charge in [0.15, 0.2) is 0 Å². The molecule has 0 bridgehead atoms. The molecule has 0 aromatic heterocycles. The molecular formula is C30H44O5S2. The van der Waals surface area contributed by atoms with Gasteiger partial charge in [-0.25, -0.2) is 0 Å². The average Bonchev–Trinajstić information content (AvgIpc) is 2.89. The fourth-order valence-corrected chi connectivity index (χ4v) is 7.64. The molecule has 3 unspecified atom stereocenters. The molecule has 2 aromatic carbocycles. The number of phenolic OH excluding ortho intramolecular Hbond substituents is 2. The van der Waals surface area contributed by atoms with Crippen molar-refractivity contribution in [2.24, 2.45) is 0 Å². The number of rotatable bonds is 17. The van der Waals surface area contributed by atoms with E-state index in [9.17, 15) is 14.8 Å². The van der Waals surface area contributed by atoms with E-state index in [0.29, 0.717) is 43.0 Å². The van der Waals surface area contributed by atoms with Crippen LogP contribution in [0.1, 0.15) is 75.3 Å². The number of aromatic hydroxyl groups is 2. The Morgan fingerprint density at radius 2 is 1.57 bits per heavy atom. The maximum absolute atomic E-state index is 12.1. The van der Waals surface area contributed by atoms with Gasteiger partial charge in [0.2, 0.25) is 0 Å². The summed E-state index contributed by atoms with van der Waals surface area (Å²) in [6.45, 7) is 4.05. The minimum atomic E-state index is -0.780. The van der Waals surface area contributed by atoms with Gasteiger partial charge >= 0.3 is 0 Å². The van der Waals surface area contributed by atoms with E-state index < -0.39 is 11.2 Å². The summed E-state index contributed by atoms with van der Waals surface area (Å²) in [6, 6.07) is 13.5. The first kappa shape index (κ1) is 30.2. The van der Waals surface area contributed by atoms with Gasteiger partial charge in [-0.2, -0.15) is 0 Å². The molecule has 3 rings (SSSR count). The van der Waals surface area contributed by atoms with Crippen molar-refractivity contribution in [1.82, 2.24) is 0 Å². The molecule has 37 heavy (non-hydrogen) atoms. The molecule has 5 nitrogen and oxygen atoms in total. The zero-order valence-electron chi connectivity index (χ0n) is 22.5. The second kappa shape index (κ2) is 15.9. The monoisotopic (exact) mass is 548 g/mol. The molecule has 0 saturated carbocycles. The highest BCUT2D eigenvalue weighted by Crippen LogP contribution is 2.52. The van der Waals surface area contributed by atoms with E-state index in [1.807, 2.05) is 23.9 Å². The van der Waals surface area contributed by atoms with Crippen LogP contribution in [0.3, 0.4) is 0 Å². The molecule has 2 aromatic rings. The Morgan fingerprint density at radius 1 is 0.892 bits per heavy atom. The van der Waals surface area contributed by atoms with Crippen molar-refractivity contribution in [2.75, 3.05) is 44.2 Å². The molecule has 0 aliphatic carbocycles. The highest BCUT2D eigenvalue weighted by atomic mass is 32.2. The average molecular weight is 549 g/mol. The van der Waals surface area contributed by atoms with Crippen LogP contribution in [-0.2, 0) is 26.1 Å². The van der Waals surface area contributed by atoms with Gasteiger partial charge in [-0.1, -0.05) is 68.4 Å². The van der Waals surface area contributed by atoms with Crippen LogP contribution < -0.4 is 0 Å². The fourth-order valence-electron chi connectivity index (χ4n) is 5.20. The van der Waals surface area contributed by atoms with Crippen LogP contribution in [0.2, 0.25) is 0 Å². The molecule has 1 aliphatic rings. The molecule has 0 saturated heterocycles. The number of phenols is 2. The van der Waals surface area contributed by atoms with Crippen molar-refractivity contribution in [3.05, 3.63) is 53.6 Å². The van der Waals surface area contributed by atoms with Crippen molar-refractivity contribution in [2.45, 2.75) is 74.5 Å². The van der Waals surface area contributed by atoms with Crippen molar-refractivity contribution >= 4 is 22.9 Å². The fraction of sp³-hybridized carbons (Fsp3) is 0.600. The van der Waals surface area contributed by atoms with Gasteiger partial charge in [0.05, 0.1) is 19.8 Å². The number of unbranched alkanes of at least 4 members (excludes halogenated alkanes) is 6. The second-order valence-corrected chi connectivity index (χ2v) is 13.0. The van der Waals surface area contributed by atoms with Gasteiger partial charge in [-0.15, -0.1) is 11.8 Å². The Hall–Kier alpha value is -1.38. The number of fused-ring (bicyclic) bond motifs is 1. The summed E-state index contributed by atoms with van der Waals surface area (Å²) in [5.41, 5.74) is 2.58. The van der Waals surface area contributed by atoms with Crippen LogP contribution in [0.25, 0.3) is 0 Å². The summed E-state index contributed by atoms with van der Waals surface area (Å²) >= 11 is 1.04. The lowest BCUT2D eigenvalue weighted by molar-refractivity contribution is 0.0785. The molecule has 2 N–H and O–H groups in total. The number of ether oxygens (including phenoxy) is 2. The Morgan fingerprint density at radius 3 is 2.30 bits per heavy atom. The smallest absolute Gasteiger partial charge is 0.128 e. The summed E-state index contributed by atoms with van der Waals surface area (Å²) in [5, 5.41) is 19.8. The topological polar surface area (TPSA) is 82.0 Å². The normalized spacial score (nSPS) is 20.0. The largest absolute Gasteiger partial charge is 0.616 e. The molecule has 0 fully saturated rings.